The number of amides is 1. The lowest BCUT2D eigenvalue weighted by Crippen LogP contribution is -2.39. The number of hydrogen-bond donors (Lipinski definition) is 3. The zero-order chi connectivity index (χ0) is 13.0. The van der Waals surface area contributed by atoms with Gasteiger partial charge >= 0.3 is 0 Å². The molecular weight excluding hydrogens is 252 g/mol. The summed E-state index contributed by atoms with van der Waals surface area (Å²) in [5.74, 6) is 6.87. The molecule has 0 aliphatic carbocycles. The third-order valence-corrected chi connectivity index (χ3v) is 4.28. The fraction of sp³-hybridized carbons (Fsp3) is 0.455. The molecule has 1 aliphatic heterocycles. The average Bonchev–Trinajstić information content (AvgIpc) is 2.41. The summed E-state index contributed by atoms with van der Waals surface area (Å²) < 4.78 is 11.2. The normalized spacial score (nSPS) is 23.4. The number of pyridine rings is 1. The number of hydrogen-bond acceptors (Lipinski definition) is 5. The molecule has 1 fully saturated rings. The topological polar surface area (TPSA) is 97.1 Å². The van der Waals surface area contributed by atoms with Crippen LogP contribution in [0.1, 0.15) is 23.2 Å². The molecule has 0 saturated carbocycles. The van der Waals surface area contributed by atoms with Gasteiger partial charge in [0.1, 0.15) is 5.82 Å². The van der Waals surface area contributed by atoms with E-state index in [1.807, 2.05) is 0 Å². The molecule has 1 aliphatic rings. The van der Waals surface area contributed by atoms with E-state index in [4.69, 9.17) is 5.84 Å². The molecule has 0 atom stereocenters. The monoisotopic (exact) mass is 268 g/mol. The number of nitrogens with one attached hydrogen (secondary N) is 2. The molecule has 7 heteroatoms. The van der Waals surface area contributed by atoms with Crippen molar-refractivity contribution in [3.63, 3.8) is 0 Å². The molecule has 0 aromatic carbocycles. The van der Waals surface area contributed by atoms with Crippen LogP contribution in [0.25, 0.3) is 0 Å². The van der Waals surface area contributed by atoms with Gasteiger partial charge in [0.25, 0.3) is 5.91 Å². The molecular formula is C11H16N4O2S. The van der Waals surface area contributed by atoms with Crippen molar-refractivity contribution in [3.8, 4) is 0 Å². The van der Waals surface area contributed by atoms with Gasteiger partial charge in [0.05, 0.1) is 0 Å². The smallest absolute Gasteiger partial charge is 0.251 e. The highest BCUT2D eigenvalue weighted by Gasteiger charge is 2.20. The maximum atomic E-state index is 12.0. The van der Waals surface area contributed by atoms with Crippen LogP contribution in [0.3, 0.4) is 0 Å². The van der Waals surface area contributed by atoms with Crippen LogP contribution in [0, 0.1) is 0 Å². The number of anilines is 1. The predicted octanol–water partition coefficient (Wildman–Crippen LogP) is 0.00810. The van der Waals surface area contributed by atoms with Crippen LogP contribution in [0.2, 0.25) is 0 Å². The van der Waals surface area contributed by atoms with E-state index < -0.39 is 10.8 Å². The zero-order valence-electron chi connectivity index (χ0n) is 9.89. The number of carbonyl (C=O) groups excluding carboxylic acids is 1. The van der Waals surface area contributed by atoms with Gasteiger partial charge in [-0.25, -0.2) is 10.8 Å². The van der Waals surface area contributed by atoms with E-state index in [9.17, 15) is 9.00 Å². The lowest BCUT2D eigenvalue weighted by molar-refractivity contribution is 0.0934. The van der Waals surface area contributed by atoms with E-state index >= 15 is 0 Å². The number of nitrogen functional groups attached to an aromatic ring is 1. The predicted molar refractivity (Wildman–Crippen MR) is 70.4 cm³/mol. The second-order valence-corrected chi connectivity index (χ2v) is 5.87. The van der Waals surface area contributed by atoms with Gasteiger partial charge in [-0.15, -0.1) is 0 Å². The molecule has 0 radical (unpaired) electrons. The van der Waals surface area contributed by atoms with Crippen molar-refractivity contribution in [2.75, 3.05) is 16.9 Å². The van der Waals surface area contributed by atoms with E-state index in [1.165, 1.54) is 6.20 Å². The third kappa shape index (κ3) is 3.27. The summed E-state index contributed by atoms with van der Waals surface area (Å²) in [5, 5.41) is 2.94. The molecule has 6 nitrogen and oxygen atoms in total. The van der Waals surface area contributed by atoms with Crippen molar-refractivity contribution in [1.29, 1.82) is 0 Å². The average molecular weight is 268 g/mol. The fourth-order valence-electron chi connectivity index (χ4n) is 1.86. The maximum absolute atomic E-state index is 12.0. The Hall–Kier alpha value is -1.47. The van der Waals surface area contributed by atoms with Crippen LogP contribution in [-0.4, -0.2) is 32.6 Å². The Morgan fingerprint density at radius 2 is 2.17 bits per heavy atom. The lowest BCUT2D eigenvalue weighted by atomic mass is 10.1. The Balaban J connectivity index is 1.96. The number of aromatic nitrogens is 1. The van der Waals surface area contributed by atoms with E-state index in [1.54, 1.807) is 12.1 Å². The lowest BCUT2D eigenvalue weighted by Gasteiger charge is -2.22. The summed E-state index contributed by atoms with van der Waals surface area (Å²) in [5.41, 5.74) is 2.92. The van der Waals surface area contributed by atoms with E-state index in [0.29, 0.717) is 22.9 Å². The van der Waals surface area contributed by atoms with Crippen LogP contribution >= 0.6 is 0 Å². The van der Waals surface area contributed by atoms with Gasteiger partial charge < -0.3 is 10.7 Å². The molecule has 18 heavy (non-hydrogen) atoms. The first kappa shape index (κ1) is 13.0. The first-order valence-corrected chi connectivity index (χ1v) is 7.26. The summed E-state index contributed by atoms with van der Waals surface area (Å²) in [6, 6.07) is 3.34. The van der Waals surface area contributed by atoms with Gasteiger partial charge in [0.2, 0.25) is 0 Å². The van der Waals surface area contributed by atoms with Crippen molar-refractivity contribution < 1.29 is 9.00 Å². The molecule has 0 spiro atoms. The molecule has 2 rings (SSSR count). The highest BCUT2D eigenvalue weighted by Crippen LogP contribution is 2.11. The number of hydrazine groups is 1. The minimum absolute atomic E-state index is 0.109. The van der Waals surface area contributed by atoms with Crippen LogP contribution in [-0.2, 0) is 10.8 Å². The summed E-state index contributed by atoms with van der Waals surface area (Å²) in [7, 11) is -0.713. The van der Waals surface area contributed by atoms with Gasteiger partial charge in [-0.1, -0.05) is 0 Å². The Kier molecular flexibility index (Phi) is 4.27. The van der Waals surface area contributed by atoms with Crippen molar-refractivity contribution >= 4 is 22.5 Å². The number of nitrogens with zero attached hydrogens (tertiary/aromatic N) is 1. The molecule has 1 amide bonds. The van der Waals surface area contributed by atoms with Gasteiger partial charge in [0.15, 0.2) is 0 Å². The second kappa shape index (κ2) is 5.92. The maximum Gasteiger partial charge on any atom is 0.251 e. The Labute approximate surface area is 108 Å². The number of rotatable bonds is 3. The quantitative estimate of drug-likeness (QED) is 0.530. The highest BCUT2D eigenvalue weighted by molar-refractivity contribution is 7.85. The zero-order valence-corrected chi connectivity index (χ0v) is 10.7. The summed E-state index contributed by atoms with van der Waals surface area (Å²) in [4.78, 5) is 15.9. The SMILES string of the molecule is NNc1cc(C(=O)NC2CCS(=O)CC2)ccn1. The molecule has 4 N–H and O–H groups in total. The highest BCUT2D eigenvalue weighted by atomic mass is 32.2. The second-order valence-electron chi connectivity index (χ2n) is 4.17. The Morgan fingerprint density at radius 1 is 1.44 bits per heavy atom. The minimum atomic E-state index is -0.713. The van der Waals surface area contributed by atoms with Crippen LogP contribution < -0.4 is 16.6 Å². The van der Waals surface area contributed by atoms with Crippen molar-refractivity contribution in [2.24, 2.45) is 5.84 Å². The molecule has 98 valence electrons. The molecule has 1 saturated heterocycles. The van der Waals surface area contributed by atoms with E-state index in [-0.39, 0.29) is 11.9 Å². The largest absolute Gasteiger partial charge is 0.349 e. The van der Waals surface area contributed by atoms with Crippen LogP contribution in [0.15, 0.2) is 18.3 Å². The third-order valence-electron chi connectivity index (χ3n) is 2.89. The van der Waals surface area contributed by atoms with Crippen LogP contribution in [0.5, 0.6) is 0 Å². The summed E-state index contributed by atoms with van der Waals surface area (Å²) in [6.07, 6.45) is 3.07. The Morgan fingerprint density at radius 3 is 2.83 bits per heavy atom. The van der Waals surface area contributed by atoms with Crippen molar-refractivity contribution in [1.82, 2.24) is 10.3 Å². The molecule has 0 bridgehead atoms. The molecule has 1 aromatic heterocycles. The van der Waals surface area contributed by atoms with Gasteiger partial charge in [-0.05, 0) is 25.0 Å². The van der Waals surface area contributed by atoms with E-state index in [2.05, 4.69) is 15.7 Å². The minimum Gasteiger partial charge on any atom is -0.349 e. The van der Waals surface area contributed by atoms with Gasteiger partial charge in [-0.3, -0.25) is 9.00 Å². The summed E-state index contributed by atoms with van der Waals surface area (Å²) in [6.45, 7) is 0. The molecule has 2 heterocycles. The fourth-order valence-corrected chi connectivity index (χ4v) is 3.16. The van der Waals surface area contributed by atoms with Gasteiger partial charge in [0, 0.05) is 40.1 Å². The van der Waals surface area contributed by atoms with E-state index in [0.717, 1.165) is 12.8 Å². The van der Waals surface area contributed by atoms with Crippen molar-refractivity contribution in [2.45, 2.75) is 18.9 Å². The first-order chi connectivity index (χ1) is 8.69. The number of nitrogens with two attached hydrogens (primary N) is 1. The Bertz CT molecular complexity index is 456. The molecule has 0 unspecified atom stereocenters. The summed E-state index contributed by atoms with van der Waals surface area (Å²) >= 11 is 0. The van der Waals surface area contributed by atoms with Crippen LogP contribution in [0.4, 0.5) is 5.82 Å². The standard InChI is InChI=1S/C11H16N4O2S/c12-15-10-7-8(1-4-13-10)11(16)14-9-2-5-18(17)6-3-9/h1,4,7,9H,2-3,5-6,12H2,(H,13,15)(H,14,16). The number of carbonyl (C=O) groups is 1. The van der Waals surface area contributed by atoms with Crippen molar-refractivity contribution in [3.05, 3.63) is 23.9 Å². The molecule has 1 aromatic rings. The first-order valence-electron chi connectivity index (χ1n) is 5.77. The van der Waals surface area contributed by atoms with Gasteiger partial charge in [-0.2, -0.15) is 0 Å².